The number of aryl methyl sites for hydroxylation is 2. The number of hydrogen-bond acceptors (Lipinski definition) is 5. The molecule has 3 atom stereocenters. The highest BCUT2D eigenvalue weighted by Crippen LogP contribution is 2.44. The molecule has 5 heteroatoms. The first-order chi connectivity index (χ1) is 16.1. The molecular weight excluding hydrogens is 414 g/mol. The van der Waals surface area contributed by atoms with Crippen LogP contribution in [0.2, 0.25) is 0 Å². The summed E-state index contributed by atoms with van der Waals surface area (Å²) in [4.78, 5) is 2.54. The van der Waals surface area contributed by atoms with Gasteiger partial charge in [-0.25, -0.2) is 0 Å². The maximum Gasteiger partial charge on any atom is 0.137 e. The average Bonchev–Trinajstić information content (AvgIpc) is 3.47. The molecule has 0 amide bonds. The van der Waals surface area contributed by atoms with Crippen LogP contribution in [0, 0.1) is 13.8 Å². The van der Waals surface area contributed by atoms with Crippen LogP contribution in [0.25, 0.3) is 21.9 Å². The van der Waals surface area contributed by atoms with Crippen molar-refractivity contribution in [3.05, 3.63) is 65.6 Å². The van der Waals surface area contributed by atoms with Crippen molar-refractivity contribution in [2.45, 2.75) is 63.6 Å². The van der Waals surface area contributed by atoms with Crippen molar-refractivity contribution < 1.29 is 18.7 Å². The zero-order valence-electron chi connectivity index (χ0n) is 19.3. The summed E-state index contributed by atoms with van der Waals surface area (Å²) in [6, 6.07) is 15.5. The average molecular weight is 446 g/mol. The van der Waals surface area contributed by atoms with Gasteiger partial charge in [-0.3, -0.25) is 4.90 Å². The van der Waals surface area contributed by atoms with Crippen molar-refractivity contribution in [3.63, 3.8) is 0 Å². The van der Waals surface area contributed by atoms with Crippen molar-refractivity contribution >= 4 is 21.9 Å². The number of rotatable bonds is 6. The first-order valence-corrected chi connectivity index (χ1v) is 12.1. The van der Waals surface area contributed by atoms with Gasteiger partial charge in [0.05, 0.1) is 11.6 Å². The minimum atomic E-state index is -0.514. The molecule has 0 spiro atoms. The third-order valence-corrected chi connectivity index (χ3v) is 7.86. The van der Waals surface area contributed by atoms with Gasteiger partial charge in [0, 0.05) is 24.0 Å². The SMILES string of the molecule is Cc1oc2ccc(C3CC4CCC(C3)N4C[C@H](O)COc3cccc4occc34)cc2c1C. The zero-order chi connectivity index (χ0) is 22.5. The Kier molecular flexibility index (Phi) is 5.19. The molecule has 2 fully saturated rings. The monoisotopic (exact) mass is 445 g/mol. The quantitative estimate of drug-likeness (QED) is 0.398. The predicted octanol–water partition coefficient (Wildman–Crippen LogP) is 5.95. The number of aliphatic hydroxyl groups is 1. The van der Waals surface area contributed by atoms with Gasteiger partial charge >= 0.3 is 0 Å². The Morgan fingerprint density at radius 1 is 1.03 bits per heavy atom. The number of piperidine rings is 1. The van der Waals surface area contributed by atoms with Crippen molar-refractivity contribution in [1.29, 1.82) is 0 Å². The highest BCUT2D eigenvalue weighted by molar-refractivity contribution is 5.84. The number of benzene rings is 2. The Balaban J connectivity index is 1.11. The second kappa shape index (κ2) is 8.23. The van der Waals surface area contributed by atoms with Gasteiger partial charge in [-0.2, -0.15) is 0 Å². The van der Waals surface area contributed by atoms with Crippen molar-refractivity contribution in [2.75, 3.05) is 13.2 Å². The highest BCUT2D eigenvalue weighted by atomic mass is 16.5. The standard InChI is InChI=1S/C28H31NO4/c1-17-18(2)33-28-9-6-19(14-25(17)28)20-12-21-7-8-22(13-20)29(21)15-23(30)16-32-27-5-3-4-26-24(27)10-11-31-26/h3-6,9-11,14,20-23,30H,7-8,12-13,15-16H2,1-2H3/t20?,21?,22?,23-/m0/s1. The fraction of sp³-hybridized carbons (Fsp3) is 0.429. The lowest BCUT2D eigenvalue weighted by atomic mass is 9.84. The normalized spacial score (nSPS) is 24.0. The number of furan rings is 2. The molecule has 2 saturated heterocycles. The van der Waals surface area contributed by atoms with E-state index >= 15 is 0 Å². The van der Waals surface area contributed by atoms with E-state index < -0.39 is 6.10 Å². The summed E-state index contributed by atoms with van der Waals surface area (Å²) in [7, 11) is 0. The molecule has 0 radical (unpaired) electrons. The summed E-state index contributed by atoms with van der Waals surface area (Å²) in [6.45, 7) is 5.15. The summed E-state index contributed by atoms with van der Waals surface area (Å²) in [6.07, 6.45) is 5.90. The molecule has 2 aromatic carbocycles. The molecule has 2 aliphatic heterocycles. The summed E-state index contributed by atoms with van der Waals surface area (Å²) >= 11 is 0. The van der Waals surface area contributed by atoms with Gasteiger partial charge in [-0.15, -0.1) is 0 Å². The largest absolute Gasteiger partial charge is 0.490 e. The van der Waals surface area contributed by atoms with Crippen LogP contribution in [-0.2, 0) is 0 Å². The topological polar surface area (TPSA) is 59.0 Å². The van der Waals surface area contributed by atoms with Gasteiger partial charge < -0.3 is 18.7 Å². The van der Waals surface area contributed by atoms with Crippen molar-refractivity contribution in [1.82, 2.24) is 4.90 Å². The van der Waals surface area contributed by atoms with Crippen molar-refractivity contribution in [2.24, 2.45) is 0 Å². The molecule has 6 rings (SSSR count). The molecule has 4 aromatic rings. The molecule has 0 saturated carbocycles. The van der Waals surface area contributed by atoms with Crippen LogP contribution in [0.5, 0.6) is 5.75 Å². The van der Waals surface area contributed by atoms with E-state index in [9.17, 15) is 5.11 Å². The van der Waals surface area contributed by atoms with E-state index in [4.69, 9.17) is 13.6 Å². The van der Waals surface area contributed by atoms with Crippen LogP contribution in [0.4, 0.5) is 0 Å². The summed E-state index contributed by atoms with van der Waals surface area (Å²) in [5.74, 6) is 2.35. The lowest BCUT2D eigenvalue weighted by molar-refractivity contribution is 0.0321. The van der Waals surface area contributed by atoms with Crippen LogP contribution >= 0.6 is 0 Å². The Morgan fingerprint density at radius 3 is 2.67 bits per heavy atom. The molecule has 2 unspecified atom stereocenters. The minimum absolute atomic E-state index is 0.291. The number of fused-ring (bicyclic) bond motifs is 4. The van der Waals surface area contributed by atoms with Gasteiger partial charge in [0.1, 0.15) is 35.4 Å². The first-order valence-electron chi connectivity index (χ1n) is 12.1. The van der Waals surface area contributed by atoms with Gasteiger partial charge in [-0.1, -0.05) is 12.1 Å². The van der Waals surface area contributed by atoms with E-state index in [0.717, 1.165) is 40.9 Å². The highest BCUT2D eigenvalue weighted by Gasteiger charge is 2.41. The lowest BCUT2D eigenvalue weighted by Gasteiger charge is -2.40. The molecule has 33 heavy (non-hydrogen) atoms. The molecule has 2 aromatic heterocycles. The maximum absolute atomic E-state index is 10.8. The number of nitrogens with zero attached hydrogens (tertiary/aromatic N) is 1. The number of hydrogen-bond donors (Lipinski definition) is 1. The zero-order valence-corrected chi connectivity index (χ0v) is 19.3. The van der Waals surface area contributed by atoms with Gasteiger partial charge in [0.15, 0.2) is 0 Å². The smallest absolute Gasteiger partial charge is 0.137 e. The first kappa shape index (κ1) is 20.8. The third-order valence-electron chi connectivity index (χ3n) is 7.86. The number of ether oxygens (including phenoxy) is 1. The summed E-state index contributed by atoms with van der Waals surface area (Å²) in [5, 5.41) is 13.0. The molecular formula is C28H31NO4. The molecule has 4 heterocycles. The third kappa shape index (κ3) is 3.73. The van der Waals surface area contributed by atoms with E-state index in [-0.39, 0.29) is 0 Å². The maximum atomic E-state index is 10.8. The molecule has 2 bridgehead atoms. The van der Waals surface area contributed by atoms with Crippen LogP contribution in [0.1, 0.15) is 48.5 Å². The molecule has 2 aliphatic rings. The Hall–Kier alpha value is -2.76. The molecule has 1 N–H and O–H groups in total. The lowest BCUT2D eigenvalue weighted by Crippen LogP contribution is -2.47. The van der Waals surface area contributed by atoms with E-state index in [1.807, 2.05) is 31.2 Å². The van der Waals surface area contributed by atoms with Gasteiger partial charge in [-0.05, 0) is 86.9 Å². The minimum Gasteiger partial charge on any atom is -0.490 e. The molecule has 0 aliphatic carbocycles. The van der Waals surface area contributed by atoms with Crippen LogP contribution < -0.4 is 4.74 Å². The summed E-state index contributed by atoms with van der Waals surface area (Å²) < 4.78 is 17.3. The number of aliphatic hydroxyl groups excluding tert-OH is 1. The second-order valence-electron chi connectivity index (χ2n) is 9.84. The van der Waals surface area contributed by atoms with Crippen molar-refractivity contribution in [3.8, 4) is 5.75 Å². The fourth-order valence-electron chi connectivity index (χ4n) is 6.03. The molecule has 172 valence electrons. The van der Waals surface area contributed by atoms with Gasteiger partial charge in [0.2, 0.25) is 0 Å². The van der Waals surface area contributed by atoms with E-state index in [1.54, 1.807) is 6.26 Å². The second-order valence-corrected chi connectivity index (χ2v) is 9.84. The van der Waals surface area contributed by atoms with E-state index in [2.05, 4.69) is 30.0 Å². The Morgan fingerprint density at radius 2 is 1.85 bits per heavy atom. The van der Waals surface area contributed by atoms with Crippen LogP contribution in [0.15, 0.2) is 57.6 Å². The molecule has 5 nitrogen and oxygen atoms in total. The predicted molar refractivity (Wildman–Crippen MR) is 129 cm³/mol. The van der Waals surface area contributed by atoms with Crippen LogP contribution in [-0.4, -0.2) is 41.3 Å². The van der Waals surface area contributed by atoms with Gasteiger partial charge in [0.25, 0.3) is 0 Å². The van der Waals surface area contributed by atoms with E-state index in [0.29, 0.717) is 31.2 Å². The summed E-state index contributed by atoms with van der Waals surface area (Å²) in [5.41, 5.74) is 4.48. The van der Waals surface area contributed by atoms with Crippen LogP contribution in [0.3, 0.4) is 0 Å². The Bertz CT molecular complexity index is 1270. The fourth-order valence-corrected chi connectivity index (χ4v) is 6.03. The Labute approximate surface area is 193 Å². The van der Waals surface area contributed by atoms with E-state index in [1.165, 1.54) is 29.4 Å².